The van der Waals surface area contributed by atoms with Gasteiger partial charge in [0.25, 0.3) is 0 Å². The van der Waals surface area contributed by atoms with E-state index in [1.807, 2.05) is 42.5 Å². The maximum atomic E-state index is 12.8. The lowest BCUT2D eigenvalue weighted by Crippen LogP contribution is -2.04. The first-order valence-electron chi connectivity index (χ1n) is 11.6. The number of nitrogens with zero attached hydrogens (tertiary/aromatic N) is 1. The molecule has 5 heteroatoms. The molecule has 36 heavy (non-hydrogen) atoms. The summed E-state index contributed by atoms with van der Waals surface area (Å²) in [6.07, 6.45) is -4.34. The Morgan fingerprint density at radius 1 is 0.528 bits per heavy atom. The van der Waals surface area contributed by atoms with Gasteiger partial charge in [0, 0.05) is 27.8 Å². The summed E-state index contributed by atoms with van der Waals surface area (Å²) in [5.74, 6) is 0. The normalized spacial score (nSPS) is 11.8. The number of aromatic nitrogens is 1. The third kappa shape index (κ3) is 3.99. The molecule has 0 aliphatic heterocycles. The van der Waals surface area contributed by atoms with Crippen molar-refractivity contribution in [2.24, 2.45) is 0 Å². The predicted octanol–water partition coefficient (Wildman–Crippen LogP) is 9.21. The Labute approximate surface area is 206 Å². The number of para-hydroxylation sites is 2. The molecule has 0 fully saturated rings. The molecule has 0 aliphatic carbocycles. The maximum Gasteiger partial charge on any atom is 0.416 e. The van der Waals surface area contributed by atoms with Crippen LogP contribution in [0.1, 0.15) is 5.56 Å². The van der Waals surface area contributed by atoms with Gasteiger partial charge in [0.05, 0.1) is 16.6 Å². The first-order chi connectivity index (χ1) is 17.5. The molecule has 1 heterocycles. The van der Waals surface area contributed by atoms with Gasteiger partial charge in [0.15, 0.2) is 0 Å². The van der Waals surface area contributed by atoms with Gasteiger partial charge in [0.1, 0.15) is 0 Å². The summed E-state index contributed by atoms with van der Waals surface area (Å²) in [6, 6.07) is 38.2. The number of nitrogens with one attached hydrogen (secondary N) is 1. The second-order valence-corrected chi connectivity index (χ2v) is 8.70. The summed E-state index contributed by atoms with van der Waals surface area (Å²) in [6.45, 7) is 0. The van der Waals surface area contributed by atoms with Crippen molar-refractivity contribution in [2.75, 3.05) is 5.32 Å². The van der Waals surface area contributed by atoms with Crippen LogP contribution in [0.15, 0.2) is 121 Å². The Hall–Kier alpha value is -4.51. The van der Waals surface area contributed by atoms with Gasteiger partial charge in [-0.15, -0.1) is 0 Å². The van der Waals surface area contributed by atoms with Crippen molar-refractivity contribution in [2.45, 2.75) is 6.18 Å². The topological polar surface area (TPSA) is 17.0 Å². The molecule has 0 atom stereocenters. The number of anilines is 2. The average molecular weight is 479 g/mol. The molecule has 0 aliphatic rings. The molecule has 0 amide bonds. The molecule has 0 unspecified atom stereocenters. The van der Waals surface area contributed by atoms with E-state index in [-0.39, 0.29) is 0 Å². The minimum Gasteiger partial charge on any atom is -0.356 e. The largest absolute Gasteiger partial charge is 0.416 e. The van der Waals surface area contributed by atoms with E-state index in [2.05, 4.69) is 64.5 Å². The van der Waals surface area contributed by atoms with Crippen LogP contribution in [-0.4, -0.2) is 4.57 Å². The highest BCUT2D eigenvalue weighted by atomic mass is 19.4. The average Bonchev–Trinajstić information content (AvgIpc) is 3.23. The maximum absolute atomic E-state index is 12.8. The first kappa shape index (κ1) is 22.0. The second-order valence-electron chi connectivity index (χ2n) is 8.70. The Bertz CT molecular complexity index is 1660. The third-order valence-electron chi connectivity index (χ3n) is 6.41. The monoisotopic (exact) mass is 478 g/mol. The van der Waals surface area contributed by atoms with Crippen molar-refractivity contribution in [1.82, 2.24) is 4.57 Å². The molecule has 0 radical (unpaired) electrons. The lowest BCUT2D eigenvalue weighted by molar-refractivity contribution is -0.137. The molecule has 0 saturated carbocycles. The fourth-order valence-electron chi connectivity index (χ4n) is 4.66. The van der Waals surface area contributed by atoms with Gasteiger partial charge < -0.3 is 9.88 Å². The highest BCUT2D eigenvalue weighted by Crippen LogP contribution is 2.35. The molecular formula is C31H21F3N2. The van der Waals surface area contributed by atoms with Crippen LogP contribution in [0, 0.1) is 0 Å². The molecule has 0 spiro atoms. The van der Waals surface area contributed by atoms with Gasteiger partial charge in [-0.3, -0.25) is 0 Å². The fraction of sp³-hybridized carbons (Fsp3) is 0.0323. The summed E-state index contributed by atoms with van der Waals surface area (Å²) >= 11 is 0. The molecule has 0 bridgehead atoms. The Kier molecular flexibility index (Phi) is 5.26. The lowest BCUT2D eigenvalue weighted by Gasteiger charge is -2.11. The van der Waals surface area contributed by atoms with E-state index in [4.69, 9.17) is 0 Å². The molecule has 1 aromatic heterocycles. The van der Waals surface area contributed by atoms with Gasteiger partial charge in [-0.2, -0.15) is 13.2 Å². The number of halogens is 3. The minimum absolute atomic E-state index is 0.603. The zero-order chi connectivity index (χ0) is 24.7. The van der Waals surface area contributed by atoms with E-state index in [1.165, 1.54) is 22.9 Å². The second kappa shape index (κ2) is 8.61. The predicted molar refractivity (Wildman–Crippen MR) is 141 cm³/mol. The molecule has 176 valence electrons. The quantitative estimate of drug-likeness (QED) is 0.267. The van der Waals surface area contributed by atoms with Crippen LogP contribution in [0.3, 0.4) is 0 Å². The van der Waals surface area contributed by atoms with Crippen molar-refractivity contribution in [3.63, 3.8) is 0 Å². The van der Waals surface area contributed by atoms with E-state index in [0.29, 0.717) is 5.69 Å². The molecule has 6 rings (SSSR count). The van der Waals surface area contributed by atoms with E-state index in [1.54, 1.807) is 0 Å². The summed E-state index contributed by atoms with van der Waals surface area (Å²) in [4.78, 5) is 0. The fourth-order valence-corrected chi connectivity index (χ4v) is 4.66. The van der Waals surface area contributed by atoms with Crippen LogP contribution in [-0.2, 0) is 6.18 Å². The molecular weight excluding hydrogens is 457 g/mol. The Morgan fingerprint density at radius 2 is 1.11 bits per heavy atom. The first-order valence-corrected chi connectivity index (χ1v) is 11.6. The molecule has 6 aromatic rings. The summed E-state index contributed by atoms with van der Waals surface area (Å²) < 4.78 is 40.7. The van der Waals surface area contributed by atoms with Crippen LogP contribution in [0.2, 0.25) is 0 Å². The van der Waals surface area contributed by atoms with Gasteiger partial charge in [-0.1, -0.05) is 54.6 Å². The van der Waals surface area contributed by atoms with Crippen molar-refractivity contribution in [3.8, 4) is 16.8 Å². The van der Waals surface area contributed by atoms with Gasteiger partial charge in [-0.05, 0) is 77.9 Å². The highest BCUT2D eigenvalue weighted by Gasteiger charge is 2.29. The third-order valence-corrected chi connectivity index (χ3v) is 6.41. The zero-order valence-electron chi connectivity index (χ0n) is 19.1. The molecule has 1 N–H and O–H groups in total. The number of alkyl halides is 3. The van der Waals surface area contributed by atoms with Crippen LogP contribution in [0.4, 0.5) is 24.5 Å². The van der Waals surface area contributed by atoms with Crippen molar-refractivity contribution in [1.29, 1.82) is 0 Å². The minimum atomic E-state index is -4.34. The van der Waals surface area contributed by atoms with Crippen molar-refractivity contribution >= 4 is 33.2 Å². The molecule has 2 nitrogen and oxygen atoms in total. The van der Waals surface area contributed by atoms with E-state index in [0.717, 1.165) is 45.7 Å². The molecule has 0 saturated heterocycles. The number of benzene rings is 5. The van der Waals surface area contributed by atoms with E-state index in [9.17, 15) is 13.2 Å². The van der Waals surface area contributed by atoms with Gasteiger partial charge in [0.2, 0.25) is 0 Å². The van der Waals surface area contributed by atoms with Crippen LogP contribution >= 0.6 is 0 Å². The smallest absolute Gasteiger partial charge is 0.356 e. The summed E-state index contributed by atoms with van der Waals surface area (Å²) in [5.41, 5.74) is 6.33. The number of rotatable bonds is 4. The SMILES string of the molecule is FC(F)(F)c1ccc(Nc2ccc(-c3ccc4c(c3)c3ccccc3n4-c3ccccc3)cc2)cc1. The number of hydrogen-bond donors (Lipinski definition) is 1. The standard InChI is InChI=1S/C31H21F3N2/c32-31(33,34)23-13-17-25(18-14-23)35-24-15-10-21(11-16-24)22-12-19-30-28(20-22)27-8-4-5-9-29(27)36(30)26-6-2-1-3-7-26/h1-20,35H. The summed E-state index contributed by atoms with van der Waals surface area (Å²) in [5, 5.41) is 5.54. The Morgan fingerprint density at radius 3 is 1.81 bits per heavy atom. The van der Waals surface area contributed by atoms with Gasteiger partial charge >= 0.3 is 6.18 Å². The van der Waals surface area contributed by atoms with Crippen LogP contribution in [0.5, 0.6) is 0 Å². The number of fused-ring (bicyclic) bond motifs is 3. The van der Waals surface area contributed by atoms with Crippen molar-refractivity contribution in [3.05, 3.63) is 127 Å². The highest BCUT2D eigenvalue weighted by molar-refractivity contribution is 6.10. The van der Waals surface area contributed by atoms with Crippen LogP contribution < -0.4 is 5.32 Å². The Balaban J connectivity index is 1.33. The van der Waals surface area contributed by atoms with Gasteiger partial charge in [-0.25, -0.2) is 0 Å². The van der Waals surface area contributed by atoms with E-state index < -0.39 is 11.7 Å². The van der Waals surface area contributed by atoms with E-state index >= 15 is 0 Å². The molecule has 5 aromatic carbocycles. The van der Waals surface area contributed by atoms with Crippen LogP contribution in [0.25, 0.3) is 38.6 Å². The van der Waals surface area contributed by atoms with Crippen molar-refractivity contribution < 1.29 is 13.2 Å². The zero-order valence-corrected chi connectivity index (χ0v) is 19.1. The lowest BCUT2D eigenvalue weighted by atomic mass is 10.0. The summed E-state index contributed by atoms with van der Waals surface area (Å²) in [7, 11) is 0. The number of hydrogen-bond acceptors (Lipinski definition) is 1.